The summed E-state index contributed by atoms with van der Waals surface area (Å²) in [7, 11) is -3.70. The van der Waals surface area contributed by atoms with Crippen LogP contribution >= 0.6 is 23.2 Å². The van der Waals surface area contributed by atoms with Gasteiger partial charge < -0.3 is 5.32 Å². The lowest BCUT2D eigenvalue weighted by atomic mass is 10.1. The number of halogens is 2. The van der Waals surface area contributed by atoms with Gasteiger partial charge in [0.2, 0.25) is 15.9 Å². The number of sulfonamides is 1. The quantitative estimate of drug-likeness (QED) is 0.622. The number of hydrogen-bond donors (Lipinski definition) is 1. The Morgan fingerprint density at radius 2 is 1.86 bits per heavy atom. The Morgan fingerprint density at radius 3 is 2.46 bits per heavy atom. The van der Waals surface area contributed by atoms with Crippen molar-refractivity contribution in [3.8, 4) is 0 Å². The van der Waals surface area contributed by atoms with Crippen LogP contribution in [0.3, 0.4) is 0 Å². The van der Waals surface area contributed by atoms with Crippen LogP contribution in [-0.2, 0) is 21.2 Å². The molecule has 1 unspecified atom stereocenters. The van der Waals surface area contributed by atoms with E-state index in [4.69, 9.17) is 23.2 Å². The maximum absolute atomic E-state index is 12.5. The molecule has 2 aromatic carbocycles. The molecule has 1 atom stereocenters. The molecule has 152 valence electrons. The maximum atomic E-state index is 12.5. The van der Waals surface area contributed by atoms with Crippen molar-refractivity contribution in [1.29, 1.82) is 0 Å². The van der Waals surface area contributed by atoms with Crippen molar-refractivity contribution in [2.75, 3.05) is 17.1 Å². The minimum Gasteiger partial charge on any atom is -0.354 e. The van der Waals surface area contributed by atoms with Crippen LogP contribution in [-0.4, -0.2) is 33.2 Å². The third-order valence-electron chi connectivity index (χ3n) is 4.27. The fourth-order valence-electron chi connectivity index (χ4n) is 2.95. The molecule has 0 saturated heterocycles. The number of nitrogens with one attached hydrogen (secondary N) is 1. The fourth-order valence-corrected chi connectivity index (χ4v) is 4.41. The molecule has 28 heavy (non-hydrogen) atoms. The number of hydrogen-bond acceptors (Lipinski definition) is 3. The van der Waals surface area contributed by atoms with Crippen LogP contribution in [0.2, 0.25) is 10.0 Å². The Labute approximate surface area is 176 Å². The Morgan fingerprint density at radius 1 is 1.14 bits per heavy atom. The summed E-state index contributed by atoms with van der Waals surface area (Å²) in [5, 5.41) is 3.34. The molecule has 1 amide bonds. The molecule has 0 aliphatic heterocycles. The molecule has 0 aliphatic carbocycles. The summed E-state index contributed by atoms with van der Waals surface area (Å²) in [6, 6.07) is 11.7. The van der Waals surface area contributed by atoms with Crippen molar-refractivity contribution in [3.05, 3.63) is 63.6 Å². The van der Waals surface area contributed by atoms with E-state index in [1.807, 2.05) is 25.1 Å². The lowest BCUT2D eigenvalue weighted by Crippen LogP contribution is -2.48. The molecule has 8 heteroatoms. The molecule has 2 aromatic rings. The van der Waals surface area contributed by atoms with Crippen molar-refractivity contribution in [2.45, 2.75) is 32.7 Å². The number of rotatable bonds is 8. The van der Waals surface area contributed by atoms with E-state index < -0.39 is 16.1 Å². The predicted molar refractivity (Wildman–Crippen MR) is 116 cm³/mol. The summed E-state index contributed by atoms with van der Waals surface area (Å²) < 4.78 is 25.6. The second kappa shape index (κ2) is 9.63. The van der Waals surface area contributed by atoms with Gasteiger partial charge in [-0.15, -0.1) is 0 Å². The highest BCUT2D eigenvalue weighted by Gasteiger charge is 2.29. The highest BCUT2D eigenvalue weighted by molar-refractivity contribution is 7.92. The summed E-state index contributed by atoms with van der Waals surface area (Å²) >= 11 is 11.9. The summed E-state index contributed by atoms with van der Waals surface area (Å²) in [5.41, 5.74) is 2.69. The monoisotopic (exact) mass is 442 g/mol. The van der Waals surface area contributed by atoms with Crippen molar-refractivity contribution in [2.24, 2.45) is 0 Å². The van der Waals surface area contributed by atoms with Gasteiger partial charge in [0, 0.05) is 6.54 Å². The molecule has 0 aromatic heterocycles. The molecule has 0 bridgehead atoms. The zero-order chi connectivity index (χ0) is 20.9. The van der Waals surface area contributed by atoms with Crippen LogP contribution in [0, 0.1) is 6.92 Å². The second-order valence-corrected chi connectivity index (χ2v) is 9.39. The van der Waals surface area contributed by atoms with Crippen LogP contribution in [0.4, 0.5) is 5.69 Å². The number of anilines is 1. The third kappa shape index (κ3) is 6.12. The van der Waals surface area contributed by atoms with E-state index in [0.717, 1.165) is 23.4 Å². The highest BCUT2D eigenvalue weighted by Crippen LogP contribution is 2.29. The van der Waals surface area contributed by atoms with E-state index >= 15 is 0 Å². The lowest BCUT2D eigenvalue weighted by Gasteiger charge is -2.28. The number of amides is 1. The van der Waals surface area contributed by atoms with Crippen molar-refractivity contribution in [3.63, 3.8) is 0 Å². The number of nitrogens with zero attached hydrogens (tertiary/aromatic N) is 1. The topological polar surface area (TPSA) is 66.5 Å². The Hall–Kier alpha value is -1.76. The summed E-state index contributed by atoms with van der Waals surface area (Å²) in [4.78, 5) is 12.5. The first-order valence-electron chi connectivity index (χ1n) is 8.87. The highest BCUT2D eigenvalue weighted by atomic mass is 35.5. The van der Waals surface area contributed by atoms with E-state index in [0.29, 0.717) is 17.3 Å². The molecule has 0 aliphatic rings. The van der Waals surface area contributed by atoms with Gasteiger partial charge in [-0.3, -0.25) is 9.10 Å². The first kappa shape index (κ1) is 22.5. The molecule has 0 saturated carbocycles. The molecular formula is C20H24Cl2N2O3S. The molecule has 1 N–H and O–H groups in total. The number of benzene rings is 2. The maximum Gasteiger partial charge on any atom is 0.243 e. The Bertz CT molecular complexity index is 948. The first-order chi connectivity index (χ1) is 13.1. The van der Waals surface area contributed by atoms with E-state index in [9.17, 15) is 13.2 Å². The smallest absolute Gasteiger partial charge is 0.243 e. The van der Waals surface area contributed by atoms with Gasteiger partial charge >= 0.3 is 0 Å². The van der Waals surface area contributed by atoms with Gasteiger partial charge in [-0.2, -0.15) is 0 Å². The standard InChI is InChI=1S/C20H24Cl2N2O3S/c1-14-6-4-7-16(12-14)8-5-11-23-20(25)15(2)24(28(3,26)27)17-9-10-18(21)19(22)13-17/h4,6-7,9-10,12-13,15H,5,8,11H2,1-3H3,(H,23,25). The van der Waals surface area contributed by atoms with Gasteiger partial charge in [0.05, 0.1) is 22.0 Å². The molecule has 0 heterocycles. The zero-order valence-electron chi connectivity index (χ0n) is 16.1. The fraction of sp³-hybridized carbons (Fsp3) is 0.350. The number of aryl methyl sites for hydroxylation is 2. The van der Waals surface area contributed by atoms with Gasteiger partial charge in [0.15, 0.2) is 0 Å². The normalized spacial score (nSPS) is 12.5. The largest absolute Gasteiger partial charge is 0.354 e. The van der Waals surface area contributed by atoms with Gasteiger partial charge in [0.25, 0.3) is 0 Å². The predicted octanol–water partition coefficient (Wildman–Crippen LogP) is 4.21. The lowest BCUT2D eigenvalue weighted by molar-refractivity contribution is -0.121. The third-order valence-corrected chi connectivity index (χ3v) is 6.25. The van der Waals surface area contributed by atoms with Crippen molar-refractivity contribution in [1.82, 2.24) is 5.32 Å². The SMILES string of the molecule is Cc1cccc(CCCNC(=O)C(C)N(c2ccc(Cl)c(Cl)c2)S(C)(=O)=O)c1. The average Bonchev–Trinajstić information content (AvgIpc) is 2.60. The minimum absolute atomic E-state index is 0.221. The molecule has 5 nitrogen and oxygen atoms in total. The van der Waals surface area contributed by atoms with Crippen molar-refractivity contribution >= 4 is 44.8 Å². The van der Waals surface area contributed by atoms with Crippen LogP contribution in [0.1, 0.15) is 24.5 Å². The van der Waals surface area contributed by atoms with Gasteiger partial charge in [-0.05, 0) is 50.5 Å². The molecule has 0 radical (unpaired) electrons. The van der Waals surface area contributed by atoms with Crippen LogP contribution in [0.15, 0.2) is 42.5 Å². The van der Waals surface area contributed by atoms with Crippen molar-refractivity contribution < 1.29 is 13.2 Å². The van der Waals surface area contributed by atoms with Crippen LogP contribution in [0.25, 0.3) is 0 Å². The zero-order valence-corrected chi connectivity index (χ0v) is 18.4. The summed E-state index contributed by atoms with van der Waals surface area (Å²) in [6.07, 6.45) is 2.64. The van der Waals surface area contributed by atoms with Gasteiger partial charge in [0.1, 0.15) is 6.04 Å². The van der Waals surface area contributed by atoms with Gasteiger partial charge in [-0.1, -0.05) is 53.0 Å². The Balaban J connectivity index is 2.02. The summed E-state index contributed by atoms with van der Waals surface area (Å²) in [6.45, 7) is 4.03. The van der Waals surface area contributed by atoms with E-state index in [1.54, 1.807) is 6.92 Å². The van der Waals surface area contributed by atoms with Crippen LogP contribution < -0.4 is 9.62 Å². The van der Waals surface area contributed by atoms with Crippen LogP contribution in [0.5, 0.6) is 0 Å². The molecule has 0 spiro atoms. The summed E-state index contributed by atoms with van der Waals surface area (Å²) in [5.74, 6) is -0.374. The minimum atomic E-state index is -3.70. The number of carbonyl (C=O) groups is 1. The molecule has 0 fully saturated rings. The van der Waals surface area contributed by atoms with E-state index in [2.05, 4.69) is 11.4 Å². The molecular weight excluding hydrogens is 419 g/mol. The van der Waals surface area contributed by atoms with E-state index in [-0.39, 0.29) is 10.9 Å². The number of carbonyl (C=O) groups excluding carboxylic acids is 1. The van der Waals surface area contributed by atoms with Gasteiger partial charge in [-0.25, -0.2) is 8.42 Å². The van der Waals surface area contributed by atoms with E-state index in [1.165, 1.54) is 29.3 Å². The average molecular weight is 443 g/mol. The second-order valence-electron chi connectivity index (χ2n) is 6.72. The Kier molecular flexibility index (Phi) is 7.75. The first-order valence-corrected chi connectivity index (χ1v) is 11.5. The molecule has 2 rings (SSSR count).